The highest BCUT2D eigenvalue weighted by atomic mass is 32.1. The minimum absolute atomic E-state index is 0.232. The molecule has 3 N–H and O–H groups in total. The summed E-state index contributed by atoms with van der Waals surface area (Å²) in [7, 11) is 0. The molecule has 17 heavy (non-hydrogen) atoms. The number of nitrogen functional groups attached to an aromatic ring is 1. The Hall–Kier alpha value is -1.66. The van der Waals surface area contributed by atoms with Gasteiger partial charge in [0.05, 0.1) is 4.88 Å². The van der Waals surface area contributed by atoms with Crippen molar-refractivity contribution >= 4 is 16.5 Å². The fraction of sp³-hybridized carbons (Fsp3) is 0.182. The molecule has 0 aliphatic carbocycles. The number of halogens is 1. The Morgan fingerprint density at radius 3 is 3.00 bits per heavy atom. The maximum atomic E-state index is 13.0. The molecule has 1 aromatic carbocycles. The lowest BCUT2D eigenvalue weighted by Gasteiger charge is -2.05. The van der Waals surface area contributed by atoms with Gasteiger partial charge in [0.15, 0.2) is 5.13 Å². The number of nitrogens with two attached hydrogens (primary N) is 1. The molecule has 0 aliphatic rings. The summed E-state index contributed by atoms with van der Waals surface area (Å²) < 4.78 is 18.5. The Labute approximate surface area is 102 Å². The fourth-order valence-corrected chi connectivity index (χ4v) is 1.94. The lowest BCUT2D eigenvalue weighted by atomic mass is 10.2. The van der Waals surface area contributed by atoms with E-state index in [1.807, 2.05) is 0 Å². The molecule has 0 radical (unpaired) electrons. The largest absolute Gasteiger partial charge is 0.488 e. The van der Waals surface area contributed by atoms with Crippen molar-refractivity contribution in [3.05, 3.63) is 40.7 Å². The standard InChI is InChI=1S/C11H12FN3OS/c1-7-4-8(2-3-10(7)12)16-6-9-5-14-11(15-13)17-9/h2-5H,6,13H2,1H3,(H,14,15). The van der Waals surface area contributed by atoms with Crippen molar-refractivity contribution in [2.75, 3.05) is 5.43 Å². The van der Waals surface area contributed by atoms with Crippen molar-refractivity contribution in [1.82, 2.24) is 4.98 Å². The Balaban J connectivity index is 1.99. The molecule has 2 aromatic rings. The zero-order chi connectivity index (χ0) is 12.3. The monoisotopic (exact) mass is 253 g/mol. The van der Waals surface area contributed by atoms with Crippen molar-refractivity contribution < 1.29 is 9.13 Å². The number of hydrogen-bond acceptors (Lipinski definition) is 5. The normalized spacial score (nSPS) is 10.3. The van der Waals surface area contributed by atoms with Crippen LogP contribution < -0.4 is 16.0 Å². The van der Waals surface area contributed by atoms with Crippen LogP contribution in [0.5, 0.6) is 5.75 Å². The molecule has 0 unspecified atom stereocenters. The number of nitrogens with one attached hydrogen (secondary N) is 1. The second-order valence-electron chi connectivity index (χ2n) is 3.48. The summed E-state index contributed by atoms with van der Waals surface area (Å²) >= 11 is 1.41. The molecule has 0 bridgehead atoms. The van der Waals surface area contributed by atoms with Gasteiger partial charge in [-0.2, -0.15) is 0 Å². The first-order valence-corrected chi connectivity index (χ1v) is 5.81. The zero-order valence-electron chi connectivity index (χ0n) is 9.24. The van der Waals surface area contributed by atoms with Crippen LogP contribution in [0.15, 0.2) is 24.4 Å². The molecule has 2 rings (SSSR count). The van der Waals surface area contributed by atoms with Crippen LogP contribution in [0.2, 0.25) is 0 Å². The van der Waals surface area contributed by atoms with Gasteiger partial charge in [-0.3, -0.25) is 5.43 Å². The SMILES string of the molecule is Cc1cc(OCc2cnc(NN)s2)ccc1F. The van der Waals surface area contributed by atoms with Gasteiger partial charge < -0.3 is 4.74 Å². The fourth-order valence-electron chi connectivity index (χ4n) is 1.30. The third-order valence-electron chi connectivity index (χ3n) is 2.19. The minimum Gasteiger partial charge on any atom is -0.488 e. The molecule has 0 atom stereocenters. The Bertz CT molecular complexity index is 515. The first-order valence-electron chi connectivity index (χ1n) is 4.99. The van der Waals surface area contributed by atoms with Crippen molar-refractivity contribution in [3.63, 3.8) is 0 Å². The van der Waals surface area contributed by atoms with E-state index >= 15 is 0 Å². The van der Waals surface area contributed by atoms with E-state index in [4.69, 9.17) is 10.6 Å². The van der Waals surface area contributed by atoms with Crippen LogP contribution >= 0.6 is 11.3 Å². The molecule has 0 spiro atoms. The lowest BCUT2D eigenvalue weighted by molar-refractivity contribution is 0.309. The molecule has 0 saturated carbocycles. The highest BCUT2D eigenvalue weighted by Crippen LogP contribution is 2.21. The molecular weight excluding hydrogens is 241 g/mol. The molecule has 1 aromatic heterocycles. The zero-order valence-corrected chi connectivity index (χ0v) is 10.1. The molecule has 4 nitrogen and oxygen atoms in total. The molecule has 0 aliphatic heterocycles. The summed E-state index contributed by atoms with van der Waals surface area (Å²) in [6.07, 6.45) is 1.69. The predicted octanol–water partition coefficient (Wildman–Crippen LogP) is 2.46. The number of benzene rings is 1. The van der Waals surface area contributed by atoms with Gasteiger partial charge in [-0.25, -0.2) is 15.2 Å². The quantitative estimate of drug-likeness (QED) is 0.649. The van der Waals surface area contributed by atoms with Crippen LogP contribution in [0.3, 0.4) is 0 Å². The second kappa shape index (κ2) is 5.11. The van der Waals surface area contributed by atoms with Crippen LogP contribution in [0.25, 0.3) is 0 Å². The first-order chi connectivity index (χ1) is 8.19. The van der Waals surface area contributed by atoms with E-state index in [-0.39, 0.29) is 5.82 Å². The summed E-state index contributed by atoms with van der Waals surface area (Å²) in [6.45, 7) is 2.09. The number of thiazole rings is 1. The van der Waals surface area contributed by atoms with Crippen LogP contribution in [-0.4, -0.2) is 4.98 Å². The van der Waals surface area contributed by atoms with Gasteiger partial charge in [0.1, 0.15) is 18.2 Å². The van der Waals surface area contributed by atoms with Gasteiger partial charge in [-0.15, -0.1) is 0 Å². The summed E-state index contributed by atoms with van der Waals surface area (Å²) in [5.74, 6) is 5.63. The van der Waals surface area contributed by atoms with Gasteiger partial charge in [0.25, 0.3) is 0 Å². The Morgan fingerprint density at radius 2 is 2.35 bits per heavy atom. The number of aryl methyl sites for hydroxylation is 1. The van der Waals surface area contributed by atoms with Gasteiger partial charge in [0, 0.05) is 6.20 Å². The number of anilines is 1. The number of hydrogen-bond donors (Lipinski definition) is 2. The van der Waals surface area contributed by atoms with Crippen molar-refractivity contribution in [2.24, 2.45) is 5.84 Å². The predicted molar refractivity (Wildman–Crippen MR) is 65.4 cm³/mol. The van der Waals surface area contributed by atoms with E-state index in [2.05, 4.69) is 10.4 Å². The average molecular weight is 253 g/mol. The first kappa shape index (κ1) is 11.8. The summed E-state index contributed by atoms with van der Waals surface area (Å²) in [6, 6.07) is 4.66. The average Bonchev–Trinajstić information content (AvgIpc) is 2.79. The van der Waals surface area contributed by atoms with Crippen molar-refractivity contribution in [1.29, 1.82) is 0 Å². The second-order valence-corrected chi connectivity index (χ2v) is 4.59. The highest BCUT2D eigenvalue weighted by Gasteiger charge is 2.03. The molecule has 6 heteroatoms. The molecule has 0 amide bonds. The summed E-state index contributed by atoms with van der Waals surface area (Å²) in [4.78, 5) is 4.97. The molecular formula is C11H12FN3OS. The summed E-state index contributed by atoms with van der Waals surface area (Å²) in [5, 5.41) is 0.638. The Morgan fingerprint density at radius 1 is 1.53 bits per heavy atom. The topological polar surface area (TPSA) is 60.2 Å². The van der Waals surface area contributed by atoms with Crippen LogP contribution in [0.1, 0.15) is 10.4 Å². The highest BCUT2D eigenvalue weighted by molar-refractivity contribution is 7.15. The van der Waals surface area contributed by atoms with E-state index in [1.54, 1.807) is 25.3 Å². The molecule has 0 fully saturated rings. The minimum atomic E-state index is -0.232. The molecule has 1 heterocycles. The van der Waals surface area contributed by atoms with Gasteiger partial charge in [0.2, 0.25) is 0 Å². The number of rotatable bonds is 4. The number of aromatic nitrogens is 1. The number of nitrogens with zero attached hydrogens (tertiary/aromatic N) is 1. The number of ether oxygens (including phenoxy) is 1. The van der Waals surface area contributed by atoms with E-state index in [0.29, 0.717) is 23.1 Å². The molecule has 0 saturated heterocycles. The van der Waals surface area contributed by atoms with Crippen LogP contribution in [-0.2, 0) is 6.61 Å². The van der Waals surface area contributed by atoms with Crippen molar-refractivity contribution in [3.8, 4) is 5.75 Å². The van der Waals surface area contributed by atoms with Gasteiger partial charge >= 0.3 is 0 Å². The van der Waals surface area contributed by atoms with Crippen LogP contribution in [0, 0.1) is 12.7 Å². The van der Waals surface area contributed by atoms with Crippen LogP contribution in [0.4, 0.5) is 9.52 Å². The van der Waals surface area contributed by atoms with E-state index in [1.165, 1.54) is 17.4 Å². The molecule has 90 valence electrons. The van der Waals surface area contributed by atoms with Gasteiger partial charge in [-0.05, 0) is 30.7 Å². The smallest absolute Gasteiger partial charge is 0.197 e. The third-order valence-corrected chi connectivity index (χ3v) is 3.09. The Kier molecular flexibility index (Phi) is 3.55. The number of hydrazine groups is 1. The maximum absolute atomic E-state index is 13.0. The summed E-state index contributed by atoms with van der Waals surface area (Å²) in [5.41, 5.74) is 3.03. The van der Waals surface area contributed by atoms with E-state index < -0.39 is 0 Å². The van der Waals surface area contributed by atoms with Crippen molar-refractivity contribution in [2.45, 2.75) is 13.5 Å². The third kappa shape index (κ3) is 2.92. The van der Waals surface area contributed by atoms with E-state index in [0.717, 1.165) is 4.88 Å². The van der Waals surface area contributed by atoms with E-state index in [9.17, 15) is 4.39 Å². The lowest BCUT2D eigenvalue weighted by Crippen LogP contribution is -2.05. The maximum Gasteiger partial charge on any atom is 0.197 e. The van der Waals surface area contributed by atoms with Gasteiger partial charge in [-0.1, -0.05) is 11.3 Å².